The van der Waals surface area contributed by atoms with Crippen LogP contribution in [0.3, 0.4) is 0 Å². The topological polar surface area (TPSA) is 46.3 Å². The number of amides is 1. The zero-order valence-electron chi connectivity index (χ0n) is 13.2. The Balaban J connectivity index is 0.00000192. The highest BCUT2D eigenvalue weighted by molar-refractivity contribution is 5.85. The summed E-state index contributed by atoms with van der Waals surface area (Å²) in [4.78, 5) is 14.7. The van der Waals surface area contributed by atoms with E-state index in [0.29, 0.717) is 12.5 Å². The monoisotopic (exact) mass is 330 g/mol. The van der Waals surface area contributed by atoms with E-state index in [-0.39, 0.29) is 18.3 Å². The van der Waals surface area contributed by atoms with Gasteiger partial charge in [-0.05, 0) is 42.5 Å². The van der Waals surface area contributed by atoms with Gasteiger partial charge < -0.3 is 10.6 Å². The van der Waals surface area contributed by atoms with Gasteiger partial charge in [0.25, 0.3) is 0 Å². The van der Waals surface area contributed by atoms with Crippen LogP contribution in [0.2, 0.25) is 0 Å². The summed E-state index contributed by atoms with van der Waals surface area (Å²) in [6.07, 6.45) is 3.62. The van der Waals surface area contributed by atoms with Gasteiger partial charge in [-0.25, -0.2) is 0 Å². The van der Waals surface area contributed by atoms with E-state index in [1.165, 1.54) is 5.56 Å². The number of anilines is 1. The van der Waals surface area contributed by atoms with Crippen LogP contribution in [0.4, 0.5) is 5.69 Å². The quantitative estimate of drug-likeness (QED) is 0.872. The molecule has 1 aliphatic heterocycles. The molecule has 0 bridgehead atoms. The van der Waals surface area contributed by atoms with Crippen molar-refractivity contribution >= 4 is 24.0 Å². The molecule has 1 saturated heterocycles. The number of hydrogen-bond acceptors (Lipinski definition) is 2. The number of nitrogens with two attached hydrogens (primary N) is 1. The van der Waals surface area contributed by atoms with Crippen molar-refractivity contribution in [2.45, 2.75) is 31.7 Å². The van der Waals surface area contributed by atoms with E-state index in [4.69, 9.17) is 5.73 Å². The highest BCUT2D eigenvalue weighted by Gasteiger charge is 2.28. The van der Waals surface area contributed by atoms with Crippen LogP contribution in [0, 0.1) is 0 Å². The fourth-order valence-corrected chi connectivity index (χ4v) is 3.17. The molecule has 1 heterocycles. The Morgan fingerprint density at radius 2 is 1.74 bits per heavy atom. The van der Waals surface area contributed by atoms with Gasteiger partial charge in [0.2, 0.25) is 5.91 Å². The number of nitrogen functional groups attached to an aromatic ring is 1. The van der Waals surface area contributed by atoms with Gasteiger partial charge >= 0.3 is 0 Å². The summed E-state index contributed by atoms with van der Waals surface area (Å²) in [5.74, 6) is 0.225. The summed E-state index contributed by atoms with van der Waals surface area (Å²) in [6, 6.07) is 18.4. The van der Waals surface area contributed by atoms with Gasteiger partial charge in [-0.15, -0.1) is 12.4 Å². The van der Waals surface area contributed by atoms with Crippen molar-refractivity contribution in [2.24, 2.45) is 0 Å². The maximum atomic E-state index is 12.6. The number of rotatable bonds is 4. The second kappa shape index (κ2) is 8.02. The summed E-state index contributed by atoms with van der Waals surface area (Å²) in [5.41, 5.74) is 8.77. The Morgan fingerprint density at radius 1 is 1.04 bits per heavy atom. The molecule has 2 aromatic carbocycles. The van der Waals surface area contributed by atoms with Gasteiger partial charge in [-0.1, -0.05) is 42.5 Å². The number of halogens is 1. The first-order chi connectivity index (χ1) is 10.7. The molecule has 0 aliphatic carbocycles. The maximum Gasteiger partial charge on any atom is 0.227 e. The molecule has 122 valence electrons. The summed E-state index contributed by atoms with van der Waals surface area (Å²) in [6.45, 7) is 0.880. The predicted octanol–water partition coefficient (Wildman–Crippen LogP) is 3.47. The fourth-order valence-electron chi connectivity index (χ4n) is 3.17. The molecule has 23 heavy (non-hydrogen) atoms. The third-order valence-electron chi connectivity index (χ3n) is 4.35. The smallest absolute Gasteiger partial charge is 0.227 e. The first-order valence-corrected chi connectivity index (χ1v) is 7.90. The van der Waals surface area contributed by atoms with E-state index >= 15 is 0 Å². The molecule has 3 nitrogen and oxygen atoms in total. The minimum absolute atomic E-state index is 0. The summed E-state index contributed by atoms with van der Waals surface area (Å²) < 4.78 is 0. The minimum Gasteiger partial charge on any atom is -0.399 e. The Hall–Kier alpha value is -2.00. The van der Waals surface area contributed by atoms with Gasteiger partial charge in [0.1, 0.15) is 0 Å². The average molecular weight is 331 g/mol. The normalized spacial score (nSPS) is 16.9. The van der Waals surface area contributed by atoms with Crippen molar-refractivity contribution in [2.75, 3.05) is 12.3 Å². The first kappa shape index (κ1) is 17.4. The molecule has 3 rings (SSSR count). The predicted molar refractivity (Wildman–Crippen MR) is 96.7 cm³/mol. The van der Waals surface area contributed by atoms with E-state index in [9.17, 15) is 4.79 Å². The molecule has 0 saturated carbocycles. The Bertz CT molecular complexity index is 628. The van der Waals surface area contributed by atoms with Crippen molar-refractivity contribution in [1.82, 2.24) is 4.90 Å². The molecule has 4 heteroatoms. The van der Waals surface area contributed by atoms with Crippen LogP contribution in [0.1, 0.15) is 24.0 Å². The number of carbonyl (C=O) groups is 1. The summed E-state index contributed by atoms with van der Waals surface area (Å²) in [7, 11) is 0. The molecule has 1 aliphatic rings. The molecule has 1 fully saturated rings. The Labute approximate surface area is 143 Å². The van der Waals surface area contributed by atoms with E-state index in [0.717, 1.165) is 37.1 Å². The lowest BCUT2D eigenvalue weighted by Crippen LogP contribution is -2.37. The molecular weight excluding hydrogens is 308 g/mol. The van der Waals surface area contributed by atoms with Crippen LogP contribution in [0.5, 0.6) is 0 Å². The molecule has 0 radical (unpaired) electrons. The molecule has 1 amide bonds. The van der Waals surface area contributed by atoms with Gasteiger partial charge in [-0.3, -0.25) is 4.79 Å². The molecule has 0 aromatic heterocycles. The zero-order chi connectivity index (χ0) is 15.4. The standard InChI is InChI=1S/C19H22N2O.ClH/c20-17-10-8-16(9-11-17)14-19(22)21-12-4-7-18(21)13-15-5-2-1-3-6-15;/h1-3,5-6,8-11,18H,4,7,12-14,20H2;1H. The molecule has 2 N–H and O–H groups in total. The number of hydrogen-bond donors (Lipinski definition) is 1. The first-order valence-electron chi connectivity index (χ1n) is 7.90. The van der Waals surface area contributed by atoms with Crippen molar-refractivity contribution in [3.63, 3.8) is 0 Å². The van der Waals surface area contributed by atoms with Crippen LogP contribution >= 0.6 is 12.4 Å². The van der Waals surface area contributed by atoms with Crippen LogP contribution in [-0.2, 0) is 17.6 Å². The summed E-state index contributed by atoms with van der Waals surface area (Å²) >= 11 is 0. The van der Waals surface area contributed by atoms with Crippen LogP contribution < -0.4 is 5.73 Å². The maximum absolute atomic E-state index is 12.6. The lowest BCUT2D eigenvalue weighted by atomic mass is 10.0. The molecule has 2 aromatic rings. The molecule has 0 spiro atoms. The van der Waals surface area contributed by atoms with Gasteiger partial charge in [0.15, 0.2) is 0 Å². The number of benzene rings is 2. The van der Waals surface area contributed by atoms with E-state index < -0.39 is 0 Å². The molecular formula is C19H23ClN2O. The molecule has 1 unspecified atom stereocenters. The number of nitrogens with zero attached hydrogens (tertiary/aromatic N) is 1. The largest absolute Gasteiger partial charge is 0.399 e. The van der Waals surface area contributed by atoms with Crippen LogP contribution in [0.15, 0.2) is 54.6 Å². The van der Waals surface area contributed by atoms with Gasteiger partial charge in [0, 0.05) is 18.3 Å². The van der Waals surface area contributed by atoms with Crippen LogP contribution in [-0.4, -0.2) is 23.4 Å². The van der Waals surface area contributed by atoms with Crippen LogP contribution in [0.25, 0.3) is 0 Å². The lowest BCUT2D eigenvalue weighted by Gasteiger charge is -2.25. The van der Waals surface area contributed by atoms with Crippen molar-refractivity contribution in [3.05, 3.63) is 65.7 Å². The Morgan fingerprint density at radius 3 is 2.43 bits per heavy atom. The fraction of sp³-hybridized carbons (Fsp3) is 0.316. The van der Waals surface area contributed by atoms with Crippen molar-refractivity contribution in [1.29, 1.82) is 0 Å². The van der Waals surface area contributed by atoms with E-state index in [1.807, 2.05) is 30.3 Å². The lowest BCUT2D eigenvalue weighted by molar-refractivity contribution is -0.131. The van der Waals surface area contributed by atoms with E-state index in [2.05, 4.69) is 29.2 Å². The van der Waals surface area contributed by atoms with Gasteiger partial charge in [0.05, 0.1) is 6.42 Å². The third-order valence-corrected chi connectivity index (χ3v) is 4.35. The summed E-state index contributed by atoms with van der Waals surface area (Å²) in [5, 5.41) is 0. The second-order valence-corrected chi connectivity index (χ2v) is 5.99. The highest BCUT2D eigenvalue weighted by atomic mass is 35.5. The molecule has 1 atom stereocenters. The third kappa shape index (κ3) is 4.49. The average Bonchev–Trinajstić information content (AvgIpc) is 2.99. The highest BCUT2D eigenvalue weighted by Crippen LogP contribution is 2.22. The SMILES string of the molecule is Cl.Nc1ccc(CC(=O)N2CCCC2Cc2ccccc2)cc1. The van der Waals surface area contributed by atoms with Gasteiger partial charge in [-0.2, -0.15) is 0 Å². The van der Waals surface area contributed by atoms with Crippen molar-refractivity contribution in [3.8, 4) is 0 Å². The number of carbonyl (C=O) groups excluding carboxylic acids is 1. The van der Waals surface area contributed by atoms with E-state index in [1.54, 1.807) is 0 Å². The zero-order valence-corrected chi connectivity index (χ0v) is 14.0. The van der Waals surface area contributed by atoms with Crippen molar-refractivity contribution < 1.29 is 4.79 Å². The number of likely N-dealkylation sites (tertiary alicyclic amines) is 1. The Kier molecular flexibility index (Phi) is 6.05. The minimum atomic E-state index is 0. The second-order valence-electron chi connectivity index (χ2n) is 5.99.